The lowest BCUT2D eigenvalue weighted by Crippen LogP contribution is -2.27. The number of carbonyl (C=O) groups is 3. The van der Waals surface area contributed by atoms with Crippen LogP contribution in [0.4, 0.5) is 5.69 Å². The molecule has 2 aromatic rings. The SMILES string of the molecule is O=C(COC(=O)CCNC(=O)c1ccc(Cl)cc1)Nc1ccc2c(c1)OCCO2. The number of fused-ring (bicyclic) bond motifs is 1. The highest BCUT2D eigenvalue weighted by molar-refractivity contribution is 6.30. The number of amides is 2. The van der Waals surface area contributed by atoms with Gasteiger partial charge in [0.2, 0.25) is 0 Å². The van der Waals surface area contributed by atoms with Crippen LogP contribution < -0.4 is 20.1 Å². The summed E-state index contributed by atoms with van der Waals surface area (Å²) in [6.07, 6.45) is -0.0589. The van der Waals surface area contributed by atoms with Gasteiger partial charge in [-0.15, -0.1) is 0 Å². The molecule has 0 bridgehead atoms. The molecular weight excluding hydrogens is 400 g/mol. The molecule has 0 saturated heterocycles. The average Bonchev–Trinajstić information content (AvgIpc) is 2.72. The highest BCUT2D eigenvalue weighted by atomic mass is 35.5. The summed E-state index contributed by atoms with van der Waals surface area (Å²) in [6.45, 7) is 0.577. The summed E-state index contributed by atoms with van der Waals surface area (Å²) in [6, 6.07) is 11.4. The van der Waals surface area contributed by atoms with Crippen molar-refractivity contribution in [2.24, 2.45) is 0 Å². The molecule has 0 unspecified atom stereocenters. The third-order valence-corrected chi connectivity index (χ3v) is 4.16. The van der Waals surface area contributed by atoms with E-state index in [4.69, 9.17) is 25.8 Å². The van der Waals surface area contributed by atoms with E-state index in [1.807, 2.05) is 0 Å². The Labute approximate surface area is 172 Å². The van der Waals surface area contributed by atoms with Gasteiger partial charge in [-0.25, -0.2) is 0 Å². The number of anilines is 1. The number of nitrogens with one attached hydrogen (secondary N) is 2. The molecule has 0 saturated carbocycles. The Morgan fingerprint density at radius 2 is 1.72 bits per heavy atom. The van der Waals surface area contributed by atoms with E-state index in [1.165, 1.54) is 0 Å². The van der Waals surface area contributed by atoms with Crippen LogP contribution in [0.3, 0.4) is 0 Å². The van der Waals surface area contributed by atoms with Gasteiger partial charge in [0.25, 0.3) is 11.8 Å². The van der Waals surface area contributed by atoms with Crippen LogP contribution in [-0.4, -0.2) is 44.1 Å². The van der Waals surface area contributed by atoms with E-state index in [0.717, 1.165) is 0 Å². The summed E-state index contributed by atoms with van der Waals surface area (Å²) in [4.78, 5) is 35.6. The first-order chi connectivity index (χ1) is 14.0. The van der Waals surface area contributed by atoms with E-state index in [0.29, 0.717) is 41.0 Å². The second-order valence-electron chi connectivity index (χ2n) is 6.08. The Morgan fingerprint density at radius 3 is 2.48 bits per heavy atom. The van der Waals surface area contributed by atoms with Gasteiger partial charge in [-0.3, -0.25) is 14.4 Å². The van der Waals surface area contributed by atoms with Crippen LogP contribution in [0.1, 0.15) is 16.8 Å². The standard InChI is InChI=1S/C20H19ClN2O6/c21-14-3-1-13(2-4-14)20(26)22-8-7-19(25)29-12-18(24)23-15-5-6-16-17(11-15)28-10-9-27-16/h1-6,11H,7-10,12H2,(H,22,26)(H,23,24). The van der Waals surface area contributed by atoms with Crippen molar-refractivity contribution in [1.29, 1.82) is 0 Å². The molecule has 0 radical (unpaired) electrons. The number of rotatable bonds is 7. The summed E-state index contributed by atoms with van der Waals surface area (Å²) in [5, 5.41) is 5.74. The van der Waals surface area contributed by atoms with Crippen LogP contribution >= 0.6 is 11.6 Å². The van der Waals surface area contributed by atoms with Gasteiger partial charge in [-0.2, -0.15) is 0 Å². The number of hydrogen-bond donors (Lipinski definition) is 2. The second kappa shape index (κ2) is 9.79. The number of ether oxygens (including phenoxy) is 3. The quantitative estimate of drug-likeness (QED) is 0.669. The lowest BCUT2D eigenvalue weighted by atomic mass is 10.2. The Hall–Kier alpha value is -3.26. The summed E-state index contributed by atoms with van der Waals surface area (Å²) in [5.74, 6) is -0.256. The maximum absolute atomic E-state index is 11.9. The minimum atomic E-state index is -0.598. The molecule has 0 aliphatic carbocycles. The maximum Gasteiger partial charge on any atom is 0.308 e. The summed E-state index contributed by atoms with van der Waals surface area (Å²) in [7, 11) is 0. The minimum Gasteiger partial charge on any atom is -0.486 e. The third kappa shape index (κ3) is 6.11. The Balaban J connectivity index is 1.36. The average molecular weight is 419 g/mol. The molecule has 0 spiro atoms. The van der Waals surface area contributed by atoms with Crippen molar-refractivity contribution in [3.8, 4) is 11.5 Å². The molecule has 0 fully saturated rings. The normalized spacial score (nSPS) is 12.0. The first kappa shape index (κ1) is 20.5. The van der Waals surface area contributed by atoms with Crippen molar-refractivity contribution in [2.75, 3.05) is 31.7 Å². The van der Waals surface area contributed by atoms with Gasteiger partial charge in [0.05, 0.1) is 6.42 Å². The molecule has 8 nitrogen and oxygen atoms in total. The first-order valence-electron chi connectivity index (χ1n) is 8.90. The molecule has 1 heterocycles. The van der Waals surface area contributed by atoms with Gasteiger partial charge in [0.1, 0.15) is 13.2 Å². The number of hydrogen-bond acceptors (Lipinski definition) is 6. The maximum atomic E-state index is 11.9. The number of carbonyl (C=O) groups excluding carboxylic acids is 3. The lowest BCUT2D eigenvalue weighted by molar-refractivity contribution is -0.147. The van der Waals surface area contributed by atoms with E-state index < -0.39 is 18.5 Å². The van der Waals surface area contributed by atoms with E-state index >= 15 is 0 Å². The Bertz CT molecular complexity index is 900. The summed E-state index contributed by atoms with van der Waals surface area (Å²) < 4.78 is 15.8. The minimum absolute atomic E-state index is 0.0589. The van der Waals surface area contributed by atoms with Crippen LogP contribution in [-0.2, 0) is 14.3 Å². The number of halogens is 1. The van der Waals surface area contributed by atoms with E-state index in [-0.39, 0.29) is 18.9 Å². The molecule has 1 aliphatic rings. The lowest BCUT2D eigenvalue weighted by Gasteiger charge is -2.19. The molecule has 152 valence electrons. The van der Waals surface area contributed by atoms with Gasteiger partial charge >= 0.3 is 5.97 Å². The summed E-state index contributed by atoms with van der Waals surface area (Å²) >= 11 is 5.77. The Morgan fingerprint density at radius 1 is 1.00 bits per heavy atom. The van der Waals surface area contributed by atoms with Crippen LogP contribution in [0.5, 0.6) is 11.5 Å². The van der Waals surface area contributed by atoms with Gasteiger partial charge < -0.3 is 24.8 Å². The zero-order chi connectivity index (χ0) is 20.6. The zero-order valence-corrected chi connectivity index (χ0v) is 16.2. The van der Waals surface area contributed by atoms with Crippen LogP contribution in [0.25, 0.3) is 0 Å². The molecule has 0 atom stereocenters. The molecular formula is C20H19ClN2O6. The molecule has 9 heteroatoms. The van der Waals surface area contributed by atoms with Crippen LogP contribution in [0.15, 0.2) is 42.5 Å². The molecule has 2 amide bonds. The second-order valence-corrected chi connectivity index (χ2v) is 6.52. The zero-order valence-electron chi connectivity index (χ0n) is 15.4. The Kier molecular flexibility index (Phi) is 6.91. The number of esters is 1. The van der Waals surface area contributed by atoms with Gasteiger partial charge in [0, 0.05) is 28.9 Å². The van der Waals surface area contributed by atoms with Crippen LogP contribution in [0.2, 0.25) is 5.02 Å². The topological polar surface area (TPSA) is 103 Å². The predicted octanol–water partition coefficient (Wildman–Crippen LogP) is 2.41. The highest BCUT2D eigenvalue weighted by Gasteiger charge is 2.14. The first-order valence-corrected chi connectivity index (χ1v) is 9.28. The van der Waals surface area contributed by atoms with Crippen molar-refractivity contribution >= 4 is 35.1 Å². The van der Waals surface area contributed by atoms with Crippen molar-refractivity contribution in [3.05, 3.63) is 53.1 Å². The third-order valence-electron chi connectivity index (χ3n) is 3.91. The molecule has 1 aliphatic heterocycles. The fourth-order valence-electron chi connectivity index (χ4n) is 2.52. The fourth-order valence-corrected chi connectivity index (χ4v) is 2.64. The highest BCUT2D eigenvalue weighted by Crippen LogP contribution is 2.32. The molecule has 2 aromatic carbocycles. The molecule has 29 heavy (non-hydrogen) atoms. The van der Waals surface area contributed by atoms with Gasteiger partial charge in [0.15, 0.2) is 18.1 Å². The molecule has 0 aromatic heterocycles. The van der Waals surface area contributed by atoms with E-state index in [1.54, 1.807) is 42.5 Å². The molecule has 3 rings (SSSR count). The van der Waals surface area contributed by atoms with Crippen molar-refractivity contribution in [1.82, 2.24) is 5.32 Å². The largest absolute Gasteiger partial charge is 0.486 e. The monoisotopic (exact) mass is 418 g/mol. The van der Waals surface area contributed by atoms with Crippen molar-refractivity contribution < 1.29 is 28.6 Å². The van der Waals surface area contributed by atoms with E-state index in [2.05, 4.69) is 10.6 Å². The van der Waals surface area contributed by atoms with Crippen molar-refractivity contribution in [2.45, 2.75) is 6.42 Å². The predicted molar refractivity (Wildman–Crippen MR) is 105 cm³/mol. The van der Waals surface area contributed by atoms with Gasteiger partial charge in [-0.1, -0.05) is 11.6 Å². The number of benzene rings is 2. The van der Waals surface area contributed by atoms with Gasteiger partial charge in [-0.05, 0) is 36.4 Å². The summed E-state index contributed by atoms with van der Waals surface area (Å²) in [5.41, 5.74) is 0.937. The van der Waals surface area contributed by atoms with Crippen LogP contribution in [0, 0.1) is 0 Å². The van der Waals surface area contributed by atoms with Crippen molar-refractivity contribution in [3.63, 3.8) is 0 Å². The smallest absolute Gasteiger partial charge is 0.308 e. The fraction of sp³-hybridized carbons (Fsp3) is 0.250. The molecule has 2 N–H and O–H groups in total. The van der Waals surface area contributed by atoms with E-state index in [9.17, 15) is 14.4 Å².